The summed E-state index contributed by atoms with van der Waals surface area (Å²) >= 11 is 5.69. The van der Waals surface area contributed by atoms with Crippen LogP contribution in [0.25, 0.3) is 22.1 Å². The lowest BCUT2D eigenvalue weighted by Gasteiger charge is -2.02. The first kappa shape index (κ1) is 11.3. The van der Waals surface area contributed by atoms with Gasteiger partial charge in [-0.2, -0.15) is 0 Å². The van der Waals surface area contributed by atoms with Crippen LogP contribution in [0.1, 0.15) is 5.89 Å². The molecule has 3 rings (SSSR count). The number of fused-ring (bicyclic) bond motifs is 1. The monoisotopic (exact) mass is 257 g/mol. The Bertz CT molecular complexity index is 670. The lowest BCUT2D eigenvalue weighted by molar-refractivity contribution is 0.515. The second kappa shape index (κ2) is 4.83. The van der Waals surface area contributed by atoms with Crippen molar-refractivity contribution < 1.29 is 4.42 Å². The van der Waals surface area contributed by atoms with Crippen LogP contribution in [0.4, 0.5) is 0 Å². The van der Waals surface area contributed by atoms with Crippen molar-refractivity contribution in [2.24, 2.45) is 0 Å². The quantitative estimate of drug-likeness (QED) is 0.655. The molecule has 1 heterocycles. The van der Waals surface area contributed by atoms with Gasteiger partial charge in [0.15, 0.2) is 11.7 Å². The largest absolute Gasteiger partial charge is 0.441 e. The maximum atomic E-state index is 5.72. The van der Waals surface area contributed by atoms with Crippen LogP contribution >= 0.6 is 11.6 Å². The van der Waals surface area contributed by atoms with Crippen LogP contribution in [-0.4, -0.2) is 10.9 Å². The molecule has 0 aliphatic heterocycles. The van der Waals surface area contributed by atoms with Gasteiger partial charge >= 0.3 is 0 Å². The van der Waals surface area contributed by atoms with Gasteiger partial charge in [-0.05, 0) is 10.8 Å². The number of nitrogens with zero attached hydrogens (tertiary/aromatic N) is 1. The van der Waals surface area contributed by atoms with Crippen molar-refractivity contribution in [2.45, 2.75) is 6.42 Å². The van der Waals surface area contributed by atoms with Gasteiger partial charge in [0.05, 0.1) is 6.20 Å². The van der Waals surface area contributed by atoms with E-state index in [-0.39, 0.29) is 0 Å². The molecule has 0 bridgehead atoms. The number of halogens is 1. The standard InChI is InChI=1S/C15H12ClNO/c16-9-8-15-17-10-14(18-15)13-7-3-5-11-4-1-2-6-12(11)13/h1-7,10H,8-9H2. The SMILES string of the molecule is ClCCc1ncc(-c2cccc3ccccc23)o1. The van der Waals surface area contributed by atoms with Gasteiger partial charge in [0, 0.05) is 17.9 Å². The van der Waals surface area contributed by atoms with E-state index >= 15 is 0 Å². The Hall–Kier alpha value is -1.80. The Labute approximate surface area is 110 Å². The van der Waals surface area contributed by atoms with Crippen molar-refractivity contribution in [3.63, 3.8) is 0 Å². The molecular formula is C15H12ClNO. The van der Waals surface area contributed by atoms with Crippen LogP contribution in [-0.2, 0) is 6.42 Å². The number of aryl methyl sites for hydroxylation is 1. The fraction of sp³-hybridized carbons (Fsp3) is 0.133. The zero-order valence-corrected chi connectivity index (χ0v) is 10.5. The molecule has 0 saturated carbocycles. The molecule has 0 amide bonds. The molecule has 18 heavy (non-hydrogen) atoms. The van der Waals surface area contributed by atoms with E-state index in [1.54, 1.807) is 6.20 Å². The molecule has 0 N–H and O–H groups in total. The predicted molar refractivity (Wildman–Crippen MR) is 73.9 cm³/mol. The third kappa shape index (κ3) is 2.00. The van der Waals surface area contributed by atoms with Crippen LogP contribution in [0.5, 0.6) is 0 Å². The minimum Gasteiger partial charge on any atom is -0.441 e. The molecule has 2 aromatic carbocycles. The average molecular weight is 258 g/mol. The van der Waals surface area contributed by atoms with E-state index in [0.717, 1.165) is 11.3 Å². The lowest BCUT2D eigenvalue weighted by Crippen LogP contribution is -1.83. The highest BCUT2D eigenvalue weighted by atomic mass is 35.5. The first-order valence-electron chi connectivity index (χ1n) is 5.87. The number of oxazole rings is 1. The van der Waals surface area contributed by atoms with Crippen molar-refractivity contribution in [1.82, 2.24) is 4.98 Å². The Morgan fingerprint density at radius 1 is 1.06 bits per heavy atom. The molecular weight excluding hydrogens is 246 g/mol. The first-order valence-corrected chi connectivity index (χ1v) is 6.41. The van der Waals surface area contributed by atoms with Crippen molar-refractivity contribution in [1.29, 1.82) is 0 Å². The Kier molecular flexibility index (Phi) is 3.03. The second-order valence-corrected chi connectivity index (χ2v) is 4.46. The Balaban J connectivity index is 2.12. The highest BCUT2D eigenvalue weighted by Crippen LogP contribution is 2.28. The summed E-state index contributed by atoms with van der Waals surface area (Å²) < 4.78 is 5.72. The average Bonchev–Trinajstić information content (AvgIpc) is 2.87. The Morgan fingerprint density at radius 2 is 1.89 bits per heavy atom. The molecule has 1 aromatic heterocycles. The third-order valence-electron chi connectivity index (χ3n) is 2.92. The zero-order chi connectivity index (χ0) is 12.4. The van der Waals surface area contributed by atoms with Crippen LogP contribution in [0, 0.1) is 0 Å². The summed E-state index contributed by atoms with van der Waals surface area (Å²) in [5, 5.41) is 2.37. The van der Waals surface area contributed by atoms with Crippen LogP contribution < -0.4 is 0 Å². The van der Waals surface area contributed by atoms with E-state index in [1.807, 2.05) is 24.3 Å². The first-order chi connectivity index (χ1) is 8.88. The van der Waals surface area contributed by atoms with Gasteiger partial charge in [0.2, 0.25) is 0 Å². The summed E-state index contributed by atoms with van der Waals surface area (Å²) in [6.07, 6.45) is 2.43. The Morgan fingerprint density at radius 3 is 2.78 bits per heavy atom. The maximum absolute atomic E-state index is 5.72. The van der Waals surface area contributed by atoms with Crippen molar-refractivity contribution in [3.05, 3.63) is 54.6 Å². The highest BCUT2D eigenvalue weighted by molar-refractivity contribution is 6.17. The lowest BCUT2D eigenvalue weighted by atomic mass is 10.0. The molecule has 0 aliphatic carbocycles. The topological polar surface area (TPSA) is 26.0 Å². The summed E-state index contributed by atoms with van der Waals surface area (Å²) in [5.41, 5.74) is 1.07. The molecule has 0 saturated heterocycles. The molecule has 2 nitrogen and oxygen atoms in total. The molecule has 90 valence electrons. The fourth-order valence-electron chi connectivity index (χ4n) is 2.07. The van der Waals surface area contributed by atoms with Gasteiger partial charge in [0.1, 0.15) is 0 Å². The molecule has 0 spiro atoms. The summed E-state index contributed by atoms with van der Waals surface area (Å²) in [4.78, 5) is 4.24. The van der Waals surface area contributed by atoms with Gasteiger partial charge in [-0.25, -0.2) is 4.98 Å². The minimum absolute atomic E-state index is 0.523. The molecule has 0 fully saturated rings. The summed E-state index contributed by atoms with van der Waals surface area (Å²) in [5.74, 6) is 2.01. The molecule has 3 heteroatoms. The zero-order valence-electron chi connectivity index (χ0n) is 9.77. The van der Waals surface area contributed by atoms with Crippen LogP contribution in [0.3, 0.4) is 0 Å². The van der Waals surface area contributed by atoms with Gasteiger partial charge in [0.25, 0.3) is 0 Å². The highest BCUT2D eigenvalue weighted by Gasteiger charge is 2.08. The van der Waals surface area contributed by atoms with Crippen molar-refractivity contribution >= 4 is 22.4 Å². The van der Waals surface area contributed by atoms with E-state index in [1.165, 1.54) is 10.8 Å². The predicted octanol–water partition coefficient (Wildman–Crippen LogP) is 4.28. The smallest absolute Gasteiger partial charge is 0.196 e. The van der Waals surface area contributed by atoms with Gasteiger partial charge in [-0.3, -0.25) is 0 Å². The molecule has 0 atom stereocenters. The number of benzene rings is 2. The number of alkyl halides is 1. The van der Waals surface area contributed by atoms with Crippen LogP contribution in [0.2, 0.25) is 0 Å². The van der Waals surface area contributed by atoms with Crippen molar-refractivity contribution in [2.75, 3.05) is 5.88 Å². The van der Waals surface area contributed by atoms with Crippen LogP contribution in [0.15, 0.2) is 53.1 Å². The molecule has 3 aromatic rings. The second-order valence-electron chi connectivity index (χ2n) is 4.08. The van der Waals surface area contributed by atoms with E-state index in [0.29, 0.717) is 18.2 Å². The van der Waals surface area contributed by atoms with E-state index < -0.39 is 0 Å². The normalized spacial score (nSPS) is 10.9. The molecule has 0 radical (unpaired) electrons. The summed E-state index contributed by atoms with van der Waals surface area (Å²) in [6, 6.07) is 14.4. The molecule has 0 aliphatic rings. The van der Waals surface area contributed by atoms with E-state index in [9.17, 15) is 0 Å². The number of hydrogen-bond acceptors (Lipinski definition) is 2. The minimum atomic E-state index is 0.523. The van der Waals surface area contributed by atoms with E-state index in [2.05, 4.69) is 23.2 Å². The van der Waals surface area contributed by atoms with E-state index in [4.69, 9.17) is 16.0 Å². The summed E-state index contributed by atoms with van der Waals surface area (Å²) in [6.45, 7) is 0. The molecule has 0 unspecified atom stereocenters. The number of hydrogen-bond donors (Lipinski definition) is 0. The maximum Gasteiger partial charge on any atom is 0.196 e. The van der Waals surface area contributed by atoms with Gasteiger partial charge in [-0.15, -0.1) is 11.6 Å². The van der Waals surface area contributed by atoms with Gasteiger partial charge in [-0.1, -0.05) is 42.5 Å². The van der Waals surface area contributed by atoms with Gasteiger partial charge < -0.3 is 4.42 Å². The van der Waals surface area contributed by atoms with Crippen molar-refractivity contribution in [3.8, 4) is 11.3 Å². The fourth-order valence-corrected chi connectivity index (χ4v) is 2.23. The third-order valence-corrected chi connectivity index (χ3v) is 3.11. The summed E-state index contributed by atoms with van der Waals surface area (Å²) in [7, 11) is 0. The number of aromatic nitrogens is 1. The number of rotatable bonds is 3.